The molecule has 1 N–H and O–H groups in total. The van der Waals surface area contributed by atoms with Crippen molar-refractivity contribution in [3.8, 4) is 16.9 Å². The summed E-state index contributed by atoms with van der Waals surface area (Å²) in [4.78, 5) is 11.7. The van der Waals surface area contributed by atoms with Crippen molar-refractivity contribution >= 4 is 5.97 Å². The Bertz CT molecular complexity index is 709. The van der Waals surface area contributed by atoms with Crippen molar-refractivity contribution in [3.05, 3.63) is 54.1 Å². The molecule has 29 heavy (non-hydrogen) atoms. The number of hydrogen-bond acceptors (Lipinski definition) is 2. The fraction of sp³-hybridized carbons (Fsp3) is 0.500. The van der Waals surface area contributed by atoms with Crippen molar-refractivity contribution < 1.29 is 14.6 Å². The third-order valence-corrected chi connectivity index (χ3v) is 5.32. The molecular formula is C26H36O3. The Hall–Kier alpha value is -2.29. The van der Waals surface area contributed by atoms with Crippen molar-refractivity contribution in [1.29, 1.82) is 0 Å². The van der Waals surface area contributed by atoms with E-state index in [0.717, 1.165) is 18.4 Å². The number of aromatic carboxylic acids is 1. The quantitative estimate of drug-likeness (QED) is 0.313. The van der Waals surface area contributed by atoms with E-state index in [2.05, 4.69) is 6.92 Å². The van der Waals surface area contributed by atoms with Crippen molar-refractivity contribution in [2.75, 3.05) is 6.61 Å². The van der Waals surface area contributed by atoms with Crippen LogP contribution in [0.15, 0.2) is 48.5 Å². The monoisotopic (exact) mass is 396 g/mol. The van der Waals surface area contributed by atoms with Crippen LogP contribution in [0.5, 0.6) is 5.75 Å². The predicted octanol–water partition coefficient (Wildman–Crippen LogP) is 7.74. The van der Waals surface area contributed by atoms with Crippen molar-refractivity contribution in [1.82, 2.24) is 0 Å². The summed E-state index contributed by atoms with van der Waals surface area (Å²) in [5.74, 6) is -0.271. The maximum atomic E-state index is 11.7. The zero-order chi connectivity index (χ0) is 20.7. The first-order valence-electron chi connectivity index (χ1n) is 11.3. The van der Waals surface area contributed by atoms with E-state index in [9.17, 15) is 9.90 Å². The third kappa shape index (κ3) is 8.31. The van der Waals surface area contributed by atoms with E-state index in [1.807, 2.05) is 36.4 Å². The van der Waals surface area contributed by atoms with Gasteiger partial charge in [0.05, 0.1) is 12.2 Å². The number of benzene rings is 2. The SMILES string of the molecule is CCCCCCCCCCCCCOc1cccc(C(=O)O)c1-c1ccccc1. The molecule has 3 heteroatoms. The van der Waals surface area contributed by atoms with Gasteiger partial charge < -0.3 is 9.84 Å². The summed E-state index contributed by atoms with van der Waals surface area (Å²) in [6.45, 7) is 2.88. The van der Waals surface area contributed by atoms with E-state index in [4.69, 9.17) is 4.74 Å². The van der Waals surface area contributed by atoms with Crippen molar-refractivity contribution in [2.45, 2.75) is 77.6 Å². The maximum Gasteiger partial charge on any atom is 0.336 e. The van der Waals surface area contributed by atoms with Gasteiger partial charge in [-0.25, -0.2) is 4.79 Å². The van der Waals surface area contributed by atoms with Gasteiger partial charge in [-0.3, -0.25) is 0 Å². The van der Waals surface area contributed by atoms with Crippen LogP contribution in [0.1, 0.15) is 87.9 Å². The van der Waals surface area contributed by atoms with Gasteiger partial charge in [0.25, 0.3) is 0 Å². The third-order valence-electron chi connectivity index (χ3n) is 5.32. The highest BCUT2D eigenvalue weighted by Crippen LogP contribution is 2.33. The van der Waals surface area contributed by atoms with Crippen molar-refractivity contribution in [2.24, 2.45) is 0 Å². The lowest BCUT2D eigenvalue weighted by molar-refractivity contribution is 0.0697. The van der Waals surface area contributed by atoms with Crippen LogP contribution in [0.25, 0.3) is 11.1 Å². The number of carbonyl (C=O) groups is 1. The van der Waals surface area contributed by atoms with E-state index < -0.39 is 5.97 Å². The second-order valence-corrected chi connectivity index (χ2v) is 7.73. The van der Waals surface area contributed by atoms with E-state index in [1.54, 1.807) is 12.1 Å². The Balaban J connectivity index is 1.73. The minimum atomic E-state index is -0.927. The number of rotatable bonds is 15. The van der Waals surface area contributed by atoms with Gasteiger partial charge in [-0.1, -0.05) is 108 Å². The van der Waals surface area contributed by atoms with Crippen LogP contribution >= 0.6 is 0 Å². The maximum absolute atomic E-state index is 11.7. The Morgan fingerprint density at radius 3 is 1.93 bits per heavy atom. The molecule has 0 spiro atoms. The van der Waals surface area contributed by atoms with Gasteiger partial charge in [0.2, 0.25) is 0 Å². The van der Waals surface area contributed by atoms with Gasteiger partial charge in [0, 0.05) is 5.56 Å². The molecule has 0 bridgehead atoms. The first-order valence-corrected chi connectivity index (χ1v) is 11.3. The molecule has 158 valence electrons. The molecule has 0 aliphatic rings. The summed E-state index contributed by atoms with van der Waals surface area (Å²) in [6, 6.07) is 14.9. The topological polar surface area (TPSA) is 46.5 Å². The van der Waals surface area contributed by atoms with Gasteiger partial charge >= 0.3 is 5.97 Å². The molecule has 0 aliphatic carbocycles. The largest absolute Gasteiger partial charge is 0.493 e. The zero-order valence-corrected chi connectivity index (χ0v) is 17.9. The molecule has 0 heterocycles. The number of ether oxygens (including phenoxy) is 1. The molecule has 0 aliphatic heterocycles. The van der Waals surface area contributed by atoms with Gasteiger partial charge in [0.1, 0.15) is 5.75 Å². The molecule has 0 unspecified atom stereocenters. The molecule has 0 saturated carbocycles. The molecule has 0 fully saturated rings. The van der Waals surface area contributed by atoms with E-state index in [-0.39, 0.29) is 5.56 Å². The van der Waals surface area contributed by atoms with Crippen LogP contribution in [0.2, 0.25) is 0 Å². The lowest BCUT2D eigenvalue weighted by Crippen LogP contribution is -2.04. The molecule has 0 atom stereocenters. The molecule has 2 rings (SSSR count). The lowest BCUT2D eigenvalue weighted by Gasteiger charge is -2.14. The van der Waals surface area contributed by atoms with E-state index in [1.165, 1.54) is 57.8 Å². The van der Waals surface area contributed by atoms with Crippen LogP contribution in [0.3, 0.4) is 0 Å². The highest BCUT2D eigenvalue weighted by Gasteiger charge is 2.16. The van der Waals surface area contributed by atoms with Crippen LogP contribution in [0.4, 0.5) is 0 Å². The van der Waals surface area contributed by atoms with Gasteiger partial charge in [-0.2, -0.15) is 0 Å². The van der Waals surface area contributed by atoms with Crippen molar-refractivity contribution in [3.63, 3.8) is 0 Å². The van der Waals surface area contributed by atoms with Gasteiger partial charge in [0.15, 0.2) is 0 Å². The standard InChI is InChI=1S/C26H36O3/c1-2-3-4-5-6-7-8-9-10-11-15-21-29-24-20-16-19-23(26(27)28)25(24)22-17-13-12-14-18-22/h12-14,16-20H,2-11,15,21H2,1H3,(H,27,28). The molecule has 0 saturated heterocycles. The molecule has 2 aromatic carbocycles. The Morgan fingerprint density at radius 2 is 1.34 bits per heavy atom. The number of hydrogen-bond donors (Lipinski definition) is 1. The number of unbranched alkanes of at least 4 members (excludes halogenated alkanes) is 10. The van der Waals surface area contributed by atoms with E-state index >= 15 is 0 Å². The predicted molar refractivity (Wildman–Crippen MR) is 121 cm³/mol. The van der Waals surface area contributed by atoms with Crippen LogP contribution in [-0.4, -0.2) is 17.7 Å². The summed E-state index contributed by atoms with van der Waals surface area (Å²) < 4.78 is 6.00. The van der Waals surface area contributed by atoms with E-state index in [0.29, 0.717) is 17.9 Å². The second kappa shape index (κ2) is 13.8. The average Bonchev–Trinajstić information content (AvgIpc) is 2.75. The first kappa shape index (κ1) is 23.0. The summed E-state index contributed by atoms with van der Waals surface area (Å²) in [5, 5.41) is 9.57. The first-order chi connectivity index (χ1) is 14.2. The molecule has 2 aromatic rings. The fourth-order valence-corrected chi connectivity index (χ4v) is 3.68. The van der Waals surface area contributed by atoms with Gasteiger partial charge in [-0.05, 0) is 24.1 Å². The second-order valence-electron chi connectivity index (χ2n) is 7.73. The summed E-state index contributed by atoms with van der Waals surface area (Å²) >= 11 is 0. The minimum absolute atomic E-state index is 0.285. The molecule has 0 aromatic heterocycles. The van der Waals surface area contributed by atoms with Crippen LogP contribution in [0, 0.1) is 0 Å². The molecule has 0 radical (unpaired) electrons. The highest BCUT2D eigenvalue weighted by atomic mass is 16.5. The number of carboxylic acids is 1. The zero-order valence-electron chi connectivity index (χ0n) is 17.9. The average molecular weight is 397 g/mol. The fourth-order valence-electron chi connectivity index (χ4n) is 3.68. The smallest absolute Gasteiger partial charge is 0.336 e. The summed E-state index contributed by atoms with van der Waals surface area (Å²) in [6.07, 6.45) is 14.3. The van der Waals surface area contributed by atoms with Crippen LogP contribution < -0.4 is 4.74 Å². The Labute approximate surface area is 176 Å². The molecular weight excluding hydrogens is 360 g/mol. The highest BCUT2D eigenvalue weighted by molar-refractivity contribution is 5.98. The summed E-state index contributed by atoms with van der Waals surface area (Å²) in [7, 11) is 0. The minimum Gasteiger partial charge on any atom is -0.493 e. The van der Waals surface area contributed by atoms with Gasteiger partial charge in [-0.15, -0.1) is 0 Å². The summed E-state index contributed by atoms with van der Waals surface area (Å²) in [5.41, 5.74) is 1.83. The Morgan fingerprint density at radius 1 is 0.759 bits per heavy atom. The van der Waals surface area contributed by atoms with Crippen LogP contribution in [-0.2, 0) is 0 Å². The Kier molecular flexibility index (Phi) is 11.0. The number of carboxylic acid groups (broad SMARTS) is 1. The normalized spacial score (nSPS) is 10.8. The molecule has 0 amide bonds. The molecule has 3 nitrogen and oxygen atoms in total. The lowest BCUT2D eigenvalue weighted by atomic mass is 9.98.